The van der Waals surface area contributed by atoms with Gasteiger partial charge in [-0.25, -0.2) is 0 Å². The Morgan fingerprint density at radius 1 is 1.00 bits per heavy atom. The summed E-state index contributed by atoms with van der Waals surface area (Å²) in [6.45, 7) is -0.0271. The molecule has 2 aromatic rings. The molecule has 98 valence electrons. The second-order valence-electron chi connectivity index (χ2n) is 4.24. The number of aliphatic hydroxyl groups excluding tert-OH is 1. The highest BCUT2D eigenvalue weighted by molar-refractivity contribution is 5.78. The van der Waals surface area contributed by atoms with Crippen LogP contribution in [-0.4, -0.2) is 17.7 Å². The number of carbonyl (C=O) groups excluding carboxylic acids is 1. The molecular formula is C16H16O3. The predicted molar refractivity (Wildman–Crippen MR) is 72.5 cm³/mol. The lowest BCUT2D eigenvalue weighted by molar-refractivity contribution is -0.147. The lowest BCUT2D eigenvalue weighted by atomic mass is 10.0. The molecule has 3 nitrogen and oxygen atoms in total. The Balaban J connectivity index is 1.98. The van der Waals surface area contributed by atoms with E-state index in [0.29, 0.717) is 0 Å². The van der Waals surface area contributed by atoms with Gasteiger partial charge in [0.2, 0.25) is 0 Å². The highest BCUT2D eigenvalue weighted by Crippen LogP contribution is 2.17. The molecule has 1 atom stereocenters. The van der Waals surface area contributed by atoms with Crippen molar-refractivity contribution in [1.82, 2.24) is 0 Å². The largest absolute Gasteiger partial charge is 0.460 e. The van der Waals surface area contributed by atoms with Gasteiger partial charge < -0.3 is 9.84 Å². The Bertz CT molecular complexity index is 508. The molecule has 0 heterocycles. The number of esters is 1. The molecule has 2 aromatic carbocycles. The second kappa shape index (κ2) is 6.71. The van der Waals surface area contributed by atoms with E-state index in [1.807, 2.05) is 60.7 Å². The van der Waals surface area contributed by atoms with Crippen LogP contribution in [0.2, 0.25) is 0 Å². The maximum atomic E-state index is 12.0. The molecule has 1 N–H and O–H groups in total. The molecular weight excluding hydrogens is 240 g/mol. The molecule has 0 aliphatic rings. The van der Waals surface area contributed by atoms with Gasteiger partial charge in [-0.1, -0.05) is 60.7 Å². The molecule has 0 bridgehead atoms. The fraction of sp³-hybridized carbons (Fsp3) is 0.188. The first-order chi connectivity index (χ1) is 9.31. The van der Waals surface area contributed by atoms with Gasteiger partial charge >= 0.3 is 5.97 Å². The first kappa shape index (κ1) is 13.3. The molecule has 0 aliphatic carbocycles. The van der Waals surface area contributed by atoms with Crippen molar-refractivity contribution in [2.24, 2.45) is 0 Å². The molecule has 0 amide bonds. The quantitative estimate of drug-likeness (QED) is 0.836. The molecule has 1 unspecified atom stereocenters. The molecule has 3 heteroatoms. The van der Waals surface area contributed by atoms with Crippen molar-refractivity contribution in [1.29, 1.82) is 0 Å². The highest BCUT2D eigenvalue weighted by Gasteiger charge is 2.20. The molecule has 0 spiro atoms. The molecule has 0 radical (unpaired) electrons. The third-order valence-corrected chi connectivity index (χ3v) is 2.89. The zero-order valence-corrected chi connectivity index (χ0v) is 10.5. The van der Waals surface area contributed by atoms with Gasteiger partial charge in [-0.2, -0.15) is 0 Å². The average molecular weight is 256 g/mol. The maximum absolute atomic E-state index is 12.0. The zero-order valence-electron chi connectivity index (χ0n) is 10.5. The summed E-state index contributed by atoms with van der Waals surface area (Å²) in [6.07, 6.45) is 0. The van der Waals surface area contributed by atoms with E-state index in [1.54, 1.807) is 0 Å². The van der Waals surface area contributed by atoms with Crippen LogP contribution in [0.5, 0.6) is 0 Å². The molecule has 0 aliphatic heterocycles. The maximum Gasteiger partial charge on any atom is 0.316 e. The summed E-state index contributed by atoms with van der Waals surface area (Å²) in [7, 11) is 0. The van der Waals surface area contributed by atoms with Gasteiger partial charge in [0, 0.05) is 0 Å². The third-order valence-electron chi connectivity index (χ3n) is 2.89. The smallest absolute Gasteiger partial charge is 0.316 e. The normalized spacial score (nSPS) is 11.8. The van der Waals surface area contributed by atoms with Crippen LogP contribution < -0.4 is 0 Å². The minimum Gasteiger partial charge on any atom is -0.460 e. The summed E-state index contributed by atoms with van der Waals surface area (Å²) in [6, 6.07) is 18.6. The van der Waals surface area contributed by atoms with E-state index in [9.17, 15) is 9.90 Å². The monoisotopic (exact) mass is 256 g/mol. The number of ether oxygens (including phenoxy) is 1. The topological polar surface area (TPSA) is 46.5 Å². The van der Waals surface area contributed by atoms with Gasteiger partial charge in [0.15, 0.2) is 0 Å². The SMILES string of the molecule is O=C(OCc1ccccc1)C(CO)c1ccccc1. The van der Waals surface area contributed by atoms with Gasteiger partial charge in [0.1, 0.15) is 12.5 Å². The molecule has 0 fully saturated rings. The number of aliphatic hydroxyl groups is 1. The first-order valence-corrected chi connectivity index (χ1v) is 6.17. The number of rotatable bonds is 5. The second-order valence-corrected chi connectivity index (χ2v) is 4.24. The summed E-state index contributed by atoms with van der Waals surface area (Å²) >= 11 is 0. The van der Waals surface area contributed by atoms with Crippen molar-refractivity contribution in [3.05, 3.63) is 71.8 Å². The van der Waals surface area contributed by atoms with Crippen molar-refractivity contribution >= 4 is 5.97 Å². The van der Waals surface area contributed by atoms with Gasteiger partial charge in [-0.3, -0.25) is 4.79 Å². The Labute approximate surface area is 112 Å². The Hall–Kier alpha value is -2.13. The first-order valence-electron chi connectivity index (χ1n) is 6.17. The minimum atomic E-state index is -0.620. The fourth-order valence-corrected chi connectivity index (χ4v) is 1.83. The zero-order chi connectivity index (χ0) is 13.5. The summed E-state index contributed by atoms with van der Waals surface area (Å²) in [5, 5.41) is 9.35. The van der Waals surface area contributed by atoms with E-state index in [2.05, 4.69) is 0 Å². The number of benzene rings is 2. The van der Waals surface area contributed by atoms with Crippen LogP contribution in [0.1, 0.15) is 17.0 Å². The van der Waals surface area contributed by atoms with E-state index < -0.39 is 11.9 Å². The van der Waals surface area contributed by atoms with E-state index in [0.717, 1.165) is 11.1 Å². The van der Waals surface area contributed by atoms with Crippen molar-refractivity contribution in [3.63, 3.8) is 0 Å². The molecule has 0 saturated carbocycles. The van der Waals surface area contributed by atoms with E-state index in [-0.39, 0.29) is 13.2 Å². The molecule has 0 aromatic heterocycles. The standard InChI is InChI=1S/C16H16O3/c17-11-15(14-9-5-2-6-10-14)16(18)19-12-13-7-3-1-4-8-13/h1-10,15,17H,11-12H2. The predicted octanol–water partition coefficient (Wildman–Crippen LogP) is 2.51. The highest BCUT2D eigenvalue weighted by atomic mass is 16.5. The van der Waals surface area contributed by atoms with Gasteiger partial charge in [-0.15, -0.1) is 0 Å². The van der Waals surface area contributed by atoms with E-state index in [4.69, 9.17) is 4.74 Å². The van der Waals surface area contributed by atoms with Crippen LogP contribution in [0.15, 0.2) is 60.7 Å². The van der Waals surface area contributed by atoms with Crippen LogP contribution in [-0.2, 0) is 16.1 Å². The summed E-state index contributed by atoms with van der Waals surface area (Å²) in [5.74, 6) is -1.03. The van der Waals surface area contributed by atoms with Gasteiger partial charge in [0.05, 0.1) is 6.61 Å². The van der Waals surface area contributed by atoms with Crippen LogP contribution in [0.25, 0.3) is 0 Å². The Morgan fingerprint density at radius 3 is 2.16 bits per heavy atom. The number of hydrogen-bond acceptors (Lipinski definition) is 3. The lowest BCUT2D eigenvalue weighted by Gasteiger charge is -2.13. The average Bonchev–Trinajstić information content (AvgIpc) is 2.48. The molecule has 0 saturated heterocycles. The summed E-state index contributed by atoms with van der Waals surface area (Å²) < 4.78 is 5.24. The van der Waals surface area contributed by atoms with Crippen molar-refractivity contribution in [2.75, 3.05) is 6.61 Å². The van der Waals surface area contributed by atoms with Crippen molar-refractivity contribution in [3.8, 4) is 0 Å². The van der Waals surface area contributed by atoms with Crippen LogP contribution in [0, 0.1) is 0 Å². The molecule has 19 heavy (non-hydrogen) atoms. The van der Waals surface area contributed by atoms with E-state index >= 15 is 0 Å². The van der Waals surface area contributed by atoms with Gasteiger partial charge in [0.25, 0.3) is 0 Å². The summed E-state index contributed by atoms with van der Waals surface area (Å²) in [5.41, 5.74) is 1.70. The number of hydrogen-bond donors (Lipinski definition) is 1. The Kier molecular flexibility index (Phi) is 4.70. The van der Waals surface area contributed by atoms with E-state index in [1.165, 1.54) is 0 Å². The van der Waals surface area contributed by atoms with Crippen molar-refractivity contribution < 1.29 is 14.6 Å². The lowest BCUT2D eigenvalue weighted by Crippen LogP contribution is -2.19. The third kappa shape index (κ3) is 3.66. The van der Waals surface area contributed by atoms with Crippen LogP contribution in [0.3, 0.4) is 0 Å². The van der Waals surface area contributed by atoms with Crippen molar-refractivity contribution in [2.45, 2.75) is 12.5 Å². The van der Waals surface area contributed by atoms with Crippen LogP contribution >= 0.6 is 0 Å². The number of carbonyl (C=O) groups is 1. The fourth-order valence-electron chi connectivity index (χ4n) is 1.83. The van der Waals surface area contributed by atoms with Crippen LogP contribution in [0.4, 0.5) is 0 Å². The molecule has 2 rings (SSSR count). The summed E-state index contributed by atoms with van der Waals surface area (Å²) in [4.78, 5) is 12.0. The minimum absolute atomic E-state index is 0.225. The Morgan fingerprint density at radius 2 is 1.58 bits per heavy atom. The van der Waals surface area contributed by atoms with Gasteiger partial charge in [-0.05, 0) is 11.1 Å².